The van der Waals surface area contributed by atoms with Gasteiger partial charge in [-0.3, -0.25) is 4.99 Å². The third-order valence-corrected chi connectivity index (χ3v) is 7.24. The molecule has 0 aliphatic carbocycles. The highest BCUT2D eigenvalue weighted by molar-refractivity contribution is 7.89. The van der Waals surface area contributed by atoms with Gasteiger partial charge < -0.3 is 15.0 Å². The Labute approximate surface area is 185 Å². The smallest absolute Gasteiger partial charge is 0.242 e. The molecule has 1 saturated heterocycles. The summed E-state index contributed by atoms with van der Waals surface area (Å²) in [4.78, 5) is 6.96. The fourth-order valence-corrected chi connectivity index (χ4v) is 4.48. The largest absolute Gasteiger partial charge is 0.376 e. The number of hydrogen-bond acceptors (Lipinski definition) is 4. The number of likely N-dealkylation sites (tertiary alicyclic amines) is 1. The highest BCUT2D eigenvalue weighted by Gasteiger charge is 2.25. The number of benzene rings is 2. The maximum Gasteiger partial charge on any atom is 0.242 e. The average Bonchev–Trinajstić information content (AvgIpc) is 3.24. The Balaban J connectivity index is 1.46. The molecule has 1 aliphatic heterocycles. The van der Waals surface area contributed by atoms with Crippen LogP contribution in [0.15, 0.2) is 64.5 Å². The first-order valence-electron chi connectivity index (χ1n) is 10.5. The van der Waals surface area contributed by atoms with Crippen LogP contribution in [0, 0.1) is 5.92 Å². The lowest BCUT2D eigenvalue weighted by atomic mass is 10.1. The van der Waals surface area contributed by atoms with E-state index >= 15 is 0 Å². The van der Waals surface area contributed by atoms with E-state index in [4.69, 9.17) is 4.74 Å². The number of rotatable bonds is 8. The summed E-state index contributed by atoms with van der Waals surface area (Å²) in [7, 11) is 1.45. The normalized spacial score (nSPS) is 17.4. The Hall–Kier alpha value is -2.42. The second kappa shape index (κ2) is 10.7. The monoisotopic (exact) mass is 444 g/mol. The van der Waals surface area contributed by atoms with Crippen molar-refractivity contribution < 1.29 is 13.2 Å². The van der Waals surface area contributed by atoms with E-state index in [0.717, 1.165) is 37.6 Å². The van der Waals surface area contributed by atoms with Crippen molar-refractivity contribution in [1.82, 2.24) is 14.5 Å². The van der Waals surface area contributed by atoms with Gasteiger partial charge in [0, 0.05) is 46.7 Å². The van der Waals surface area contributed by atoms with Gasteiger partial charge in [-0.2, -0.15) is 0 Å². The molecule has 8 heteroatoms. The molecule has 1 N–H and O–H groups in total. The van der Waals surface area contributed by atoms with Crippen LogP contribution in [0.5, 0.6) is 0 Å². The molecule has 0 bridgehead atoms. The third kappa shape index (κ3) is 6.29. The summed E-state index contributed by atoms with van der Waals surface area (Å²) < 4.78 is 31.5. The standard InChI is InChI=1S/C23H32N4O3S/c1-24-23(25-15-19-9-11-22(12-10-19)31(28,29)26(2)3)27-14-13-21(16-27)18-30-17-20-7-5-4-6-8-20/h4-12,21H,13-18H2,1-3H3,(H,24,25). The first-order valence-corrected chi connectivity index (χ1v) is 11.9. The summed E-state index contributed by atoms with van der Waals surface area (Å²) in [6.07, 6.45) is 1.08. The van der Waals surface area contributed by atoms with Crippen LogP contribution >= 0.6 is 0 Å². The molecule has 7 nitrogen and oxygen atoms in total. The van der Waals surface area contributed by atoms with Crippen LogP contribution in [0.4, 0.5) is 0 Å². The predicted octanol–water partition coefficient (Wildman–Crippen LogP) is 2.55. The molecular formula is C23H32N4O3S. The molecule has 1 aliphatic rings. The molecule has 31 heavy (non-hydrogen) atoms. The number of guanidine groups is 1. The molecule has 1 fully saturated rings. The first kappa shape index (κ1) is 23.2. The van der Waals surface area contributed by atoms with Gasteiger partial charge in [-0.05, 0) is 29.7 Å². The van der Waals surface area contributed by atoms with Crippen LogP contribution in [-0.2, 0) is 27.9 Å². The molecule has 1 atom stereocenters. The van der Waals surface area contributed by atoms with Gasteiger partial charge in [0.25, 0.3) is 0 Å². The van der Waals surface area contributed by atoms with Gasteiger partial charge >= 0.3 is 0 Å². The summed E-state index contributed by atoms with van der Waals surface area (Å²) in [5.41, 5.74) is 2.19. The zero-order valence-corrected chi connectivity index (χ0v) is 19.3. The molecule has 0 aromatic heterocycles. The Kier molecular flexibility index (Phi) is 8.06. The van der Waals surface area contributed by atoms with Gasteiger partial charge in [-0.25, -0.2) is 12.7 Å². The average molecular weight is 445 g/mol. The molecular weight excluding hydrogens is 412 g/mol. The zero-order valence-electron chi connectivity index (χ0n) is 18.5. The van der Waals surface area contributed by atoms with Crippen molar-refractivity contribution in [3.8, 4) is 0 Å². The van der Waals surface area contributed by atoms with E-state index in [9.17, 15) is 8.42 Å². The van der Waals surface area contributed by atoms with Crippen LogP contribution < -0.4 is 5.32 Å². The van der Waals surface area contributed by atoms with Gasteiger partial charge in [0.2, 0.25) is 10.0 Å². The van der Waals surface area contributed by atoms with Crippen LogP contribution in [0.1, 0.15) is 17.5 Å². The summed E-state index contributed by atoms with van der Waals surface area (Å²) >= 11 is 0. The van der Waals surface area contributed by atoms with Crippen molar-refractivity contribution in [2.75, 3.05) is 40.8 Å². The molecule has 168 valence electrons. The Morgan fingerprint density at radius 2 is 1.84 bits per heavy atom. The van der Waals surface area contributed by atoms with E-state index in [-0.39, 0.29) is 0 Å². The van der Waals surface area contributed by atoms with Crippen LogP contribution in [-0.4, -0.2) is 64.4 Å². The maximum absolute atomic E-state index is 12.2. The van der Waals surface area contributed by atoms with Crippen molar-refractivity contribution in [2.45, 2.75) is 24.5 Å². The number of hydrogen-bond donors (Lipinski definition) is 1. The predicted molar refractivity (Wildman–Crippen MR) is 123 cm³/mol. The second-order valence-electron chi connectivity index (χ2n) is 7.93. The molecule has 0 spiro atoms. The van der Waals surface area contributed by atoms with E-state index in [1.54, 1.807) is 19.2 Å². The summed E-state index contributed by atoms with van der Waals surface area (Å²) in [5, 5.41) is 3.39. The third-order valence-electron chi connectivity index (χ3n) is 5.41. The van der Waals surface area contributed by atoms with Gasteiger partial charge in [0.05, 0.1) is 18.1 Å². The molecule has 3 rings (SSSR count). The van der Waals surface area contributed by atoms with Crippen molar-refractivity contribution in [3.63, 3.8) is 0 Å². The van der Waals surface area contributed by atoms with E-state index in [0.29, 0.717) is 24.0 Å². The van der Waals surface area contributed by atoms with E-state index < -0.39 is 10.0 Å². The van der Waals surface area contributed by atoms with Gasteiger partial charge in [-0.1, -0.05) is 42.5 Å². The number of sulfonamides is 1. The van der Waals surface area contributed by atoms with Gasteiger partial charge in [0.15, 0.2) is 5.96 Å². The Morgan fingerprint density at radius 3 is 2.48 bits per heavy atom. The number of nitrogens with one attached hydrogen (secondary N) is 1. The molecule has 0 radical (unpaired) electrons. The maximum atomic E-state index is 12.2. The molecule has 0 amide bonds. The molecule has 0 saturated carbocycles. The molecule has 1 heterocycles. The summed E-state index contributed by atoms with van der Waals surface area (Å²) in [6.45, 7) is 3.82. The Morgan fingerprint density at radius 1 is 1.13 bits per heavy atom. The summed E-state index contributed by atoms with van der Waals surface area (Å²) in [5.74, 6) is 1.34. The topological polar surface area (TPSA) is 74.2 Å². The fraction of sp³-hybridized carbons (Fsp3) is 0.435. The van der Waals surface area contributed by atoms with Gasteiger partial charge in [0.1, 0.15) is 0 Å². The van der Waals surface area contributed by atoms with Gasteiger partial charge in [-0.15, -0.1) is 0 Å². The van der Waals surface area contributed by atoms with E-state index in [1.165, 1.54) is 24.0 Å². The lowest BCUT2D eigenvalue weighted by Gasteiger charge is -2.22. The lowest BCUT2D eigenvalue weighted by molar-refractivity contribution is 0.0906. The van der Waals surface area contributed by atoms with Crippen molar-refractivity contribution in [3.05, 3.63) is 65.7 Å². The van der Waals surface area contributed by atoms with Crippen molar-refractivity contribution in [1.29, 1.82) is 0 Å². The number of ether oxygens (including phenoxy) is 1. The van der Waals surface area contributed by atoms with Crippen LogP contribution in [0.3, 0.4) is 0 Å². The summed E-state index contributed by atoms with van der Waals surface area (Å²) in [6, 6.07) is 17.2. The SMILES string of the molecule is CN=C(NCc1ccc(S(=O)(=O)N(C)C)cc1)N1CCC(COCc2ccccc2)C1. The van der Waals surface area contributed by atoms with Crippen molar-refractivity contribution in [2.24, 2.45) is 10.9 Å². The molecule has 2 aromatic carbocycles. The number of nitrogens with zero attached hydrogens (tertiary/aromatic N) is 3. The van der Waals surface area contributed by atoms with E-state index in [1.807, 2.05) is 30.3 Å². The van der Waals surface area contributed by atoms with Crippen molar-refractivity contribution >= 4 is 16.0 Å². The molecule has 2 aromatic rings. The first-order chi connectivity index (χ1) is 14.9. The second-order valence-corrected chi connectivity index (χ2v) is 10.1. The minimum Gasteiger partial charge on any atom is -0.376 e. The minimum absolute atomic E-state index is 0.295. The quantitative estimate of drug-likeness (QED) is 0.500. The highest BCUT2D eigenvalue weighted by Crippen LogP contribution is 2.18. The minimum atomic E-state index is -3.41. The number of aliphatic imine (C=N–C) groups is 1. The Bertz CT molecular complexity index is 960. The lowest BCUT2D eigenvalue weighted by Crippen LogP contribution is -2.39. The molecule has 1 unspecified atom stereocenters. The van der Waals surface area contributed by atoms with Crippen LogP contribution in [0.2, 0.25) is 0 Å². The highest BCUT2D eigenvalue weighted by atomic mass is 32.2. The zero-order chi connectivity index (χ0) is 22.3. The fourth-order valence-electron chi connectivity index (χ4n) is 3.58. The van der Waals surface area contributed by atoms with E-state index in [2.05, 4.69) is 27.3 Å². The van der Waals surface area contributed by atoms with Crippen LogP contribution in [0.25, 0.3) is 0 Å².